The number of hydrogen-bond acceptors (Lipinski definition) is 1. The Hall–Kier alpha value is -0.530. The second-order valence-electron chi connectivity index (χ2n) is 3.31. The van der Waals surface area contributed by atoms with Gasteiger partial charge in [-0.3, -0.25) is 4.79 Å². The molecule has 2 heteroatoms. The summed E-state index contributed by atoms with van der Waals surface area (Å²) in [6.45, 7) is 5.94. The number of carbonyl (C=O) groups excluding carboxylic acids is 1. The van der Waals surface area contributed by atoms with Crippen LogP contribution in [0.5, 0.6) is 0 Å². The lowest BCUT2D eigenvalue weighted by Gasteiger charge is -2.20. The standard InChI is InChI=1S/C9H17NO/c1-3-10-7-5-4-6-8(2)9(10)11/h8H,3-7H2,1-2H3. The van der Waals surface area contributed by atoms with E-state index in [2.05, 4.69) is 6.92 Å². The van der Waals surface area contributed by atoms with E-state index < -0.39 is 0 Å². The minimum Gasteiger partial charge on any atom is -0.343 e. The predicted octanol–water partition coefficient (Wildman–Crippen LogP) is 1.65. The Balaban J connectivity index is 2.56. The third-order valence-electron chi connectivity index (χ3n) is 2.43. The summed E-state index contributed by atoms with van der Waals surface area (Å²) in [5.74, 6) is 0.613. The summed E-state index contributed by atoms with van der Waals surface area (Å²) in [4.78, 5) is 13.5. The molecule has 1 amide bonds. The molecule has 0 N–H and O–H groups in total. The first-order chi connectivity index (χ1) is 5.25. The van der Waals surface area contributed by atoms with E-state index in [9.17, 15) is 4.79 Å². The molecule has 11 heavy (non-hydrogen) atoms. The van der Waals surface area contributed by atoms with Crippen LogP contribution in [0.2, 0.25) is 0 Å². The second-order valence-corrected chi connectivity index (χ2v) is 3.31. The highest BCUT2D eigenvalue weighted by atomic mass is 16.2. The molecule has 1 fully saturated rings. The van der Waals surface area contributed by atoms with E-state index >= 15 is 0 Å². The van der Waals surface area contributed by atoms with Gasteiger partial charge < -0.3 is 4.90 Å². The largest absolute Gasteiger partial charge is 0.343 e. The molecule has 0 saturated carbocycles. The lowest BCUT2D eigenvalue weighted by Crippen LogP contribution is -2.33. The van der Waals surface area contributed by atoms with Crippen LogP contribution >= 0.6 is 0 Å². The molecule has 64 valence electrons. The Labute approximate surface area is 68.6 Å². The molecule has 0 aromatic heterocycles. The molecule has 0 aromatic carbocycles. The first-order valence-electron chi connectivity index (χ1n) is 4.54. The molecule has 1 saturated heterocycles. The molecule has 0 bridgehead atoms. The van der Waals surface area contributed by atoms with Crippen LogP contribution in [0.4, 0.5) is 0 Å². The molecule has 0 aromatic rings. The minimum absolute atomic E-state index is 0.262. The van der Waals surface area contributed by atoms with E-state index in [4.69, 9.17) is 0 Å². The van der Waals surface area contributed by atoms with Crippen LogP contribution in [-0.2, 0) is 4.79 Å². The van der Waals surface area contributed by atoms with Crippen molar-refractivity contribution >= 4 is 5.91 Å². The number of hydrogen-bond donors (Lipinski definition) is 0. The fourth-order valence-corrected chi connectivity index (χ4v) is 1.61. The van der Waals surface area contributed by atoms with Gasteiger partial charge in [0.15, 0.2) is 0 Å². The normalized spacial score (nSPS) is 26.9. The molecule has 1 aliphatic heterocycles. The fraction of sp³-hybridized carbons (Fsp3) is 0.889. The van der Waals surface area contributed by atoms with E-state index in [0.717, 1.165) is 19.5 Å². The van der Waals surface area contributed by atoms with E-state index in [-0.39, 0.29) is 5.92 Å². The van der Waals surface area contributed by atoms with Gasteiger partial charge in [0.1, 0.15) is 0 Å². The molecular weight excluding hydrogens is 138 g/mol. The summed E-state index contributed by atoms with van der Waals surface area (Å²) < 4.78 is 0. The number of nitrogens with zero attached hydrogens (tertiary/aromatic N) is 1. The van der Waals surface area contributed by atoms with Crippen molar-refractivity contribution in [1.82, 2.24) is 4.90 Å². The molecule has 1 atom stereocenters. The van der Waals surface area contributed by atoms with Crippen molar-refractivity contribution in [2.45, 2.75) is 33.1 Å². The Kier molecular flexibility index (Phi) is 2.92. The average molecular weight is 155 g/mol. The van der Waals surface area contributed by atoms with E-state index in [1.165, 1.54) is 12.8 Å². The van der Waals surface area contributed by atoms with Crippen LogP contribution in [-0.4, -0.2) is 23.9 Å². The quantitative estimate of drug-likeness (QED) is 0.564. The maximum absolute atomic E-state index is 11.5. The van der Waals surface area contributed by atoms with Crippen molar-refractivity contribution in [3.63, 3.8) is 0 Å². The van der Waals surface area contributed by atoms with Crippen LogP contribution in [0, 0.1) is 5.92 Å². The van der Waals surface area contributed by atoms with E-state index in [1.54, 1.807) is 0 Å². The van der Waals surface area contributed by atoms with Gasteiger partial charge in [-0.25, -0.2) is 0 Å². The van der Waals surface area contributed by atoms with Crippen molar-refractivity contribution in [3.8, 4) is 0 Å². The topological polar surface area (TPSA) is 20.3 Å². The molecule has 1 heterocycles. The summed E-state index contributed by atoms with van der Waals surface area (Å²) in [5.41, 5.74) is 0. The highest BCUT2D eigenvalue weighted by Gasteiger charge is 2.21. The average Bonchev–Trinajstić information content (AvgIpc) is 2.16. The minimum atomic E-state index is 0.262. The summed E-state index contributed by atoms with van der Waals surface area (Å²) in [6, 6.07) is 0. The third kappa shape index (κ3) is 1.95. The zero-order valence-electron chi connectivity index (χ0n) is 7.47. The van der Waals surface area contributed by atoms with Crippen LogP contribution in [0.15, 0.2) is 0 Å². The molecule has 0 spiro atoms. The molecule has 1 rings (SSSR count). The fourth-order valence-electron chi connectivity index (χ4n) is 1.61. The molecule has 2 nitrogen and oxygen atoms in total. The number of likely N-dealkylation sites (tertiary alicyclic amines) is 1. The summed E-state index contributed by atoms with van der Waals surface area (Å²) in [5, 5.41) is 0. The van der Waals surface area contributed by atoms with Crippen molar-refractivity contribution in [2.75, 3.05) is 13.1 Å². The first kappa shape index (κ1) is 8.57. The van der Waals surface area contributed by atoms with E-state index in [0.29, 0.717) is 5.91 Å². The highest BCUT2D eigenvalue weighted by molar-refractivity contribution is 5.78. The van der Waals surface area contributed by atoms with Crippen molar-refractivity contribution in [1.29, 1.82) is 0 Å². The SMILES string of the molecule is CCN1CCCCC(C)C1=O. The molecular formula is C9H17NO. The molecule has 1 aliphatic rings. The zero-order chi connectivity index (χ0) is 8.27. The number of carbonyl (C=O) groups is 1. The Bertz CT molecular complexity index is 144. The highest BCUT2D eigenvalue weighted by Crippen LogP contribution is 2.16. The van der Waals surface area contributed by atoms with Crippen LogP contribution in [0.3, 0.4) is 0 Å². The van der Waals surface area contributed by atoms with Crippen molar-refractivity contribution in [2.24, 2.45) is 5.92 Å². The number of amides is 1. The third-order valence-corrected chi connectivity index (χ3v) is 2.43. The van der Waals surface area contributed by atoms with Gasteiger partial charge >= 0.3 is 0 Å². The van der Waals surface area contributed by atoms with E-state index in [1.807, 2.05) is 11.8 Å². The van der Waals surface area contributed by atoms with Crippen LogP contribution in [0.1, 0.15) is 33.1 Å². The maximum atomic E-state index is 11.5. The number of rotatable bonds is 1. The van der Waals surface area contributed by atoms with Gasteiger partial charge in [0.05, 0.1) is 0 Å². The van der Waals surface area contributed by atoms with Gasteiger partial charge in [0, 0.05) is 19.0 Å². The zero-order valence-corrected chi connectivity index (χ0v) is 7.47. The van der Waals surface area contributed by atoms with Crippen molar-refractivity contribution in [3.05, 3.63) is 0 Å². The Morgan fingerprint density at radius 1 is 1.55 bits per heavy atom. The van der Waals surface area contributed by atoms with Gasteiger partial charge in [-0.2, -0.15) is 0 Å². The van der Waals surface area contributed by atoms with Gasteiger partial charge in [-0.1, -0.05) is 13.3 Å². The van der Waals surface area contributed by atoms with Gasteiger partial charge in [-0.05, 0) is 19.8 Å². The second kappa shape index (κ2) is 3.74. The van der Waals surface area contributed by atoms with Crippen molar-refractivity contribution < 1.29 is 4.79 Å². The summed E-state index contributed by atoms with van der Waals surface area (Å²) in [6.07, 6.45) is 3.47. The van der Waals surface area contributed by atoms with Gasteiger partial charge in [0.2, 0.25) is 5.91 Å². The Morgan fingerprint density at radius 2 is 2.27 bits per heavy atom. The van der Waals surface area contributed by atoms with Gasteiger partial charge in [-0.15, -0.1) is 0 Å². The van der Waals surface area contributed by atoms with Crippen LogP contribution < -0.4 is 0 Å². The lowest BCUT2D eigenvalue weighted by molar-refractivity contribution is -0.134. The first-order valence-corrected chi connectivity index (χ1v) is 4.54. The maximum Gasteiger partial charge on any atom is 0.225 e. The molecule has 0 aliphatic carbocycles. The predicted molar refractivity (Wildman–Crippen MR) is 45.3 cm³/mol. The molecule has 0 radical (unpaired) electrons. The summed E-state index contributed by atoms with van der Waals surface area (Å²) in [7, 11) is 0. The lowest BCUT2D eigenvalue weighted by atomic mass is 10.1. The summed E-state index contributed by atoms with van der Waals surface area (Å²) >= 11 is 0. The molecule has 1 unspecified atom stereocenters. The Morgan fingerprint density at radius 3 is 2.91 bits per heavy atom. The monoisotopic (exact) mass is 155 g/mol. The van der Waals surface area contributed by atoms with Gasteiger partial charge in [0.25, 0.3) is 0 Å². The van der Waals surface area contributed by atoms with Crippen LogP contribution in [0.25, 0.3) is 0 Å². The smallest absolute Gasteiger partial charge is 0.225 e.